The molecule has 0 atom stereocenters. The Hall–Kier alpha value is -2.03. The molecule has 1 aliphatic rings. The van der Waals surface area contributed by atoms with Crippen molar-refractivity contribution in [3.8, 4) is 0 Å². The van der Waals surface area contributed by atoms with Crippen LogP contribution in [0.5, 0.6) is 0 Å². The van der Waals surface area contributed by atoms with Crippen LogP contribution in [0.2, 0.25) is 0 Å². The molecular formula is C17H20FN3O3S. The zero-order valence-corrected chi connectivity index (χ0v) is 14.7. The maximum absolute atomic E-state index is 13.3. The van der Waals surface area contributed by atoms with E-state index < -0.39 is 10.0 Å². The Labute approximate surface area is 146 Å². The van der Waals surface area contributed by atoms with Gasteiger partial charge < -0.3 is 9.64 Å². The summed E-state index contributed by atoms with van der Waals surface area (Å²) in [6.07, 6.45) is 1.36. The fraction of sp³-hybridized carbons (Fsp3) is 0.353. The van der Waals surface area contributed by atoms with E-state index in [2.05, 4.69) is 4.98 Å². The van der Waals surface area contributed by atoms with Gasteiger partial charge in [-0.15, -0.1) is 0 Å². The highest BCUT2D eigenvalue weighted by Gasteiger charge is 2.26. The summed E-state index contributed by atoms with van der Waals surface area (Å²) in [5.74, 6) is 0.330. The number of sulfonamides is 1. The summed E-state index contributed by atoms with van der Waals surface area (Å²) < 4.78 is 45.0. The van der Waals surface area contributed by atoms with E-state index in [9.17, 15) is 12.8 Å². The van der Waals surface area contributed by atoms with Gasteiger partial charge in [-0.1, -0.05) is 12.1 Å². The van der Waals surface area contributed by atoms with E-state index in [4.69, 9.17) is 4.74 Å². The normalized spacial score (nSPS) is 15.9. The summed E-state index contributed by atoms with van der Waals surface area (Å²) in [4.78, 5) is 6.25. The molecule has 6 nitrogen and oxygen atoms in total. The monoisotopic (exact) mass is 365 g/mol. The van der Waals surface area contributed by atoms with Crippen LogP contribution in [-0.4, -0.2) is 51.1 Å². The first-order valence-corrected chi connectivity index (χ1v) is 9.40. The molecule has 0 spiro atoms. The predicted octanol–water partition coefficient (Wildman–Crippen LogP) is 1.88. The predicted molar refractivity (Wildman–Crippen MR) is 92.3 cm³/mol. The molecule has 1 fully saturated rings. The van der Waals surface area contributed by atoms with Crippen LogP contribution >= 0.6 is 0 Å². The summed E-state index contributed by atoms with van der Waals surface area (Å²) in [6.45, 7) is 1.98. The molecule has 0 N–H and O–H groups in total. The zero-order valence-electron chi connectivity index (χ0n) is 13.9. The molecule has 0 saturated carbocycles. The second kappa shape index (κ2) is 7.47. The molecule has 0 unspecified atom stereocenters. The van der Waals surface area contributed by atoms with Crippen LogP contribution in [0.1, 0.15) is 5.56 Å². The lowest BCUT2D eigenvalue weighted by molar-refractivity contribution is 0.0730. The van der Waals surface area contributed by atoms with Crippen LogP contribution < -0.4 is 4.90 Å². The number of nitrogens with zero attached hydrogens (tertiary/aromatic N) is 3. The minimum atomic E-state index is -3.55. The first-order valence-electron chi connectivity index (χ1n) is 7.96. The Morgan fingerprint density at radius 3 is 2.64 bits per heavy atom. The third-order valence-electron chi connectivity index (χ3n) is 4.03. The summed E-state index contributed by atoms with van der Waals surface area (Å²) >= 11 is 0. The molecule has 1 aromatic carbocycles. The molecule has 3 rings (SSSR count). The van der Waals surface area contributed by atoms with Crippen molar-refractivity contribution >= 4 is 15.8 Å². The molecule has 2 aromatic rings. The Morgan fingerprint density at radius 1 is 1.24 bits per heavy atom. The standard InChI is InChI=1S/C17H20FN3O3S/c1-20(13-14-3-2-4-15(18)11-14)17-6-5-16(12-19-17)25(22,23)21-7-9-24-10-8-21/h2-6,11-12H,7-10,13H2,1H3. The van der Waals surface area contributed by atoms with Crippen LogP contribution in [-0.2, 0) is 21.3 Å². The molecule has 134 valence electrons. The zero-order chi connectivity index (χ0) is 17.9. The second-order valence-electron chi connectivity index (χ2n) is 5.85. The fourth-order valence-corrected chi connectivity index (χ4v) is 4.03. The van der Waals surface area contributed by atoms with Crippen molar-refractivity contribution in [2.45, 2.75) is 11.4 Å². The van der Waals surface area contributed by atoms with E-state index >= 15 is 0 Å². The van der Waals surface area contributed by atoms with Crippen molar-refractivity contribution in [3.05, 3.63) is 54.0 Å². The van der Waals surface area contributed by atoms with Gasteiger partial charge in [0, 0.05) is 32.9 Å². The van der Waals surface area contributed by atoms with Crippen molar-refractivity contribution in [3.63, 3.8) is 0 Å². The lowest BCUT2D eigenvalue weighted by Gasteiger charge is -2.26. The van der Waals surface area contributed by atoms with Crippen LogP contribution in [0.25, 0.3) is 0 Å². The lowest BCUT2D eigenvalue weighted by Crippen LogP contribution is -2.40. The lowest BCUT2D eigenvalue weighted by atomic mass is 10.2. The van der Waals surface area contributed by atoms with E-state index in [0.29, 0.717) is 38.7 Å². The molecule has 1 aliphatic heterocycles. The van der Waals surface area contributed by atoms with Crippen LogP contribution in [0.4, 0.5) is 10.2 Å². The van der Waals surface area contributed by atoms with Gasteiger partial charge in [0.15, 0.2) is 0 Å². The summed E-state index contributed by atoms with van der Waals surface area (Å²) in [7, 11) is -1.72. The Bertz CT molecular complexity index is 821. The molecule has 1 aromatic heterocycles. The number of hydrogen-bond donors (Lipinski definition) is 0. The van der Waals surface area contributed by atoms with Crippen LogP contribution in [0, 0.1) is 5.82 Å². The first kappa shape index (κ1) is 17.8. The average Bonchev–Trinajstić information content (AvgIpc) is 2.62. The Morgan fingerprint density at radius 2 is 2.00 bits per heavy atom. The van der Waals surface area contributed by atoms with E-state index in [1.807, 2.05) is 18.0 Å². The molecule has 0 aliphatic carbocycles. The van der Waals surface area contributed by atoms with Crippen molar-refractivity contribution in [1.29, 1.82) is 0 Å². The number of halogens is 1. The number of morpholine rings is 1. The minimum Gasteiger partial charge on any atom is -0.379 e. The summed E-state index contributed by atoms with van der Waals surface area (Å²) in [6, 6.07) is 9.56. The Kier molecular flexibility index (Phi) is 5.31. The van der Waals surface area contributed by atoms with Gasteiger partial charge in [-0.25, -0.2) is 17.8 Å². The van der Waals surface area contributed by atoms with Gasteiger partial charge in [0.2, 0.25) is 10.0 Å². The van der Waals surface area contributed by atoms with Gasteiger partial charge in [-0.3, -0.25) is 0 Å². The fourth-order valence-electron chi connectivity index (χ4n) is 2.68. The summed E-state index contributed by atoms with van der Waals surface area (Å²) in [5, 5.41) is 0. The number of pyridine rings is 1. The quantitative estimate of drug-likeness (QED) is 0.810. The maximum Gasteiger partial charge on any atom is 0.244 e. The molecule has 8 heteroatoms. The van der Waals surface area contributed by atoms with E-state index in [1.165, 1.54) is 22.6 Å². The third kappa shape index (κ3) is 4.15. The van der Waals surface area contributed by atoms with Gasteiger partial charge in [-0.2, -0.15) is 4.31 Å². The first-order chi connectivity index (χ1) is 12.0. The molecule has 0 bridgehead atoms. The highest BCUT2D eigenvalue weighted by molar-refractivity contribution is 7.89. The van der Waals surface area contributed by atoms with Crippen LogP contribution in [0.3, 0.4) is 0 Å². The molecule has 0 radical (unpaired) electrons. The number of ether oxygens (including phenoxy) is 1. The van der Waals surface area contributed by atoms with Gasteiger partial charge in [0.25, 0.3) is 0 Å². The van der Waals surface area contributed by atoms with Crippen molar-refractivity contribution < 1.29 is 17.5 Å². The number of benzene rings is 1. The number of aromatic nitrogens is 1. The van der Waals surface area contributed by atoms with Gasteiger partial charge in [0.05, 0.1) is 13.2 Å². The highest BCUT2D eigenvalue weighted by atomic mass is 32.2. The van der Waals surface area contributed by atoms with Gasteiger partial charge in [0.1, 0.15) is 16.5 Å². The van der Waals surface area contributed by atoms with Gasteiger partial charge >= 0.3 is 0 Å². The number of rotatable bonds is 5. The van der Waals surface area contributed by atoms with E-state index in [1.54, 1.807) is 18.2 Å². The van der Waals surface area contributed by atoms with Gasteiger partial charge in [-0.05, 0) is 29.8 Å². The van der Waals surface area contributed by atoms with Crippen LogP contribution in [0.15, 0.2) is 47.5 Å². The molecule has 25 heavy (non-hydrogen) atoms. The van der Waals surface area contributed by atoms with Crippen molar-refractivity contribution in [2.75, 3.05) is 38.3 Å². The van der Waals surface area contributed by atoms with E-state index in [-0.39, 0.29) is 10.7 Å². The topological polar surface area (TPSA) is 62.7 Å². The molecule has 1 saturated heterocycles. The highest BCUT2D eigenvalue weighted by Crippen LogP contribution is 2.19. The number of hydrogen-bond acceptors (Lipinski definition) is 5. The molecule has 0 amide bonds. The number of anilines is 1. The van der Waals surface area contributed by atoms with Crippen molar-refractivity contribution in [1.82, 2.24) is 9.29 Å². The van der Waals surface area contributed by atoms with E-state index in [0.717, 1.165) is 5.56 Å². The minimum absolute atomic E-state index is 0.164. The van der Waals surface area contributed by atoms with Crippen molar-refractivity contribution in [2.24, 2.45) is 0 Å². The molecule has 2 heterocycles. The summed E-state index contributed by atoms with van der Waals surface area (Å²) in [5.41, 5.74) is 0.814. The third-order valence-corrected chi connectivity index (χ3v) is 5.91. The Balaban J connectivity index is 1.73. The smallest absolute Gasteiger partial charge is 0.244 e. The largest absolute Gasteiger partial charge is 0.379 e. The average molecular weight is 365 g/mol. The second-order valence-corrected chi connectivity index (χ2v) is 7.79. The molecular weight excluding hydrogens is 345 g/mol. The maximum atomic E-state index is 13.3. The SMILES string of the molecule is CN(Cc1cccc(F)c1)c1ccc(S(=O)(=O)N2CCOCC2)cn1.